The Morgan fingerprint density at radius 2 is 1.59 bits per heavy atom. The third-order valence-electron chi connectivity index (χ3n) is 5.93. The molecule has 0 aliphatic rings. The van der Waals surface area contributed by atoms with E-state index in [2.05, 4.69) is 18.7 Å². The minimum Gasteiger partial charge on any atom is -0.495 e. The maximum atomic E-state index is 13.9. The molecule has 0 saturated heterocycles. The molecule has 0 fully saturated rings. The molecule has 1 amide bonds. The maximum absolute atomic E-state index is 13.9. The number of carbonyl (C=O) groups excluding carboxylic acids is 1. The topological polar surface area (TPSA) is 54.9 Å². The highest BCUT2D eigenvalue weighted by Gasteiger charge is 2.25. The zero-order valence-corrected chi connectivity index (χ0v) is 21.5. The number of amides is 1. The first-order chi connectivity index (χ1) is 16.1. The van der Waals surface area contributed by atoms with Crippen molar-refractivity contribution in [1.82, 2.24) is 9.88 Å². The summed E-state index contributed by atoms with van der Waals surface area (Å²) in [5.41, 5.74) is 1.38. The molecule has 0 spiro atoms. The number of likely N-dealkylation sites (N-methyl/N-ethyl adjacent to an activating group) is 1. The van der Waals surface area contributed by atoms with Gasteiger partial charge in [-0.15, -0.1) is 12.4 Å². The number of hydrogen-bond donors (Lipinski definition) is 0. The van der Waals surface area contributed by atoms with Crippen molar-refractivity contribution >= 4 is 55.8 Å². The number of aromatic nitrogens is 1. The highest BCUT2D eigenvalue weighted by molar-refractivity contribution is 7.22. The molecule has 0 unspecified atom stereocenters. The van der Waals surface area contributed by atoms with Crippen LogP contribution in [0.2, 0.25) is 0 Å². The predicted octanol–water partition coefficient (Wildman–Crippen LogP) is 5.88. The summed E-state index contributed by atoms with van der Waals surface area (Å²) in [4.78, 5) is 22.9. The maximum Gasteiger partial charge on any atom is 0.260 e. The highest BCUT2D eigenvalue weighted by atomic mass is 35.5. The molecule has 0 atom stereocenters. The number of anilines is 1. The van der Waals surface area contributed by atoms with Crippen molar-refractivity contribution in [3.8, 4) is 11.5 Å². The van der Waals surface area contributed by atoms with Crippen molar-refractivity contribution in [3.63, 3.8) is 0 Å². The quantitative estimate of drug-likeness (QED) is 0.288. The Kier molecular flexibility index (Phi) is 8.72. The van der Waals surface area contributed by atoms with Gasteiger partial charge >= 0.3 is 0 Å². The molecule has 0 radical (unpaired) electrons. The Bertz CT molecular complexity index is 1230. The molecular formula is C26H30ClN3O3S. The van der Waals surface area contributed by atoms with Gasteiger partial charge in [0.05, 0.1) is 14.2 Å². The Hall–Kier alpha value is -2.87. The van der Waals surface area contributed by atoms with E-state index in [-0.39, 0.29) is 18.3 Å². The van der Waals surface area contributed by atoms with Crippen LogP contribution in [0, 0.1) is 0 Å². The molecule has 180 valence electrons. The first-order valence-electron chi connectivity index (χ1n) is 11.1. The molecule has 0 aliphatic carbocycles. The van der Waals surface area contributed by atoms with Crippen LogP contribution in [-0.2, 0) is 0 Å². The van der Waals surface area contributed by atoms with Crippen molar-refractivity contribution in [1.29, 1.82) is 0 Å². The largest absolute Gasteiger partial charge is 0.495 e. The number of nitrogens with zero attached hydrogens (tertiary/aromatic N) is 3. The van der Waals surface area contributed by atoms with Crippen LogP contribution < -0.4 is 14.4 Å². The van der Waals surface area contributed by atoms with E-state index in [1.54, 1.807) is 19.1 Å². The van der Waals surface area contributed by atoms with Crippen LogP contribution in [-0.4, -0.2) is 56.2 Å². The average Bonchev–Trinajstić information content (AvgIpc) is 3.30. The van der Waals surface area contributed by atoms with E-state index < -0.39 is 0 Å². The number of ether oxygens (including phenoxy) is 2. The lowest BCUT2D eigenvalue weighted by molar-refractivity contribution is 0.0985. The molecule has 8 heteroatoms. The fourth-order valence-corrected chi connectivity index (χ4v) is 5.11. The normalized spacial score (nSPS) is 11.0. The Balaban J connectivity index is 0.00000324. The predicted molar refractivity (Wildman–Crippen MR) is 143 cm³/mol. The molecule has 0 bridgehead atoms. The van der Waals surface area contributed by atoms with E-state index >= 15 is 0 Å². The standard InChI is InChI=1S/C26H29N3O3S.ClH/c1-5-28(6-2)16-17-29(25(30)20-13-9-11-18-10-7-8-12-19(18)20)26-27-23-21(31-3)14-15-22(32-4)24(23)33-26;/h7-15H,5-6,16-17H2,1-4H3;1H. The number of methoxy groups -OCH3 is 2. The summed E-state index contributed by atoms with van der Waals surface area (Å²) in [6.07, 6.45) is 0. The van der Waals surface area contributed by atoms with Crippen LogP contribution in [0.3, 0.4) is 0 Å². The summed E-state index contributed by atoms with van der Waals surface area (Å²) in [7, 11) is 3.26. The molecular weight excluding hydrogens is 470 g/mol. The van der Waals surface area contributed by atoms with Gasteiger partial charge in [-0.3, -0.25) is 9.69 Å². The van der Waals surface area contributed by atoms with E-state index in [0.29, 0.717) is 28.5 Å². The average molecular weight is 500 g/mol. The first-order valence-corrected chi connectivity index (χ1v) is 12.0. The second-order valence-corrected chi connectivity index (χ2v) is 8.63. The van der Waals surface area contributed by atoms with Gasteiger partial charge in [-0.25, -0.2) is 4.98 Å². The smallest absolute Gasteiger partial charge is 0.260 e. The third kappa shape index (κ3) is 4.97. The zero-order chi connectivity index (χ0) is 23.4. The Morgan fingerprint density at radius 3 is 2.29 bits per heavy atom. The van der Waals surface area contributed by atoms with Gasteiger partial charge in [0.15, 0.2) is 5.13 Å². The van der Waals surface area contributed by atoms with E-state index in [4.69, 9.17) is 14.5 Å². The number of benzene rings is 3. The SMILES string of the molecule is CCN(CC)CCN(C(=O)c1cccc2ccccc12)c1nc2c(OC)ccc(OC)c2s1.Cl. The van der Waals surface area contributed by atoms with Crippen LogP contribution >= 0.6 is 23.7 Å². The second kappa shape index (κ2) is 11.5. The van der Waals surface area contributed by atoms with Crippen LogP contribution in [0.15, 0.2) is 54.6 Å². The van der Waals surface area contributed by atoms with Crippen LogP contribution in [0.5, 0.6) is 11.5 Å². The van der Waals surface area contributed by atoms with Gasteiger partial charge in [-0.1, -0.05) is 61.6 Å². The van der Waals surface area contributed by atoms with Crippen molar-refractivity contribution in [2.24, 2.45) is 0 Å². The van der Waals surface area contributed by atoms with Gasteiger partial charge in [0.25, 0.3) is 5.91 Å². The summed E-state index contributed by atoms with van der Waals surface area (Å²) < 4.78 is 12.0. The Labute approximate surface area is 210 Å². The van der Waals surface area contributed by atoms with E-state index in [9.17, 15) is 4.79 Å². The number of thiazole rings is 1. The van der Waals surface area contributed by atoms with E-state index in [1.807, 2.05) is 54.6 Å². The molecule has 1 heterocycles. The molecule has 34 heavy (non-hydrogen) atoms. The van der Waals surface area contributed by atoms with Gasteiger partial charge in [-0.05, 0) is 42.1 Å². The fourth-order valence-electron chi connectivity index (χ4n) is 4.01. The molecule has 6 nitrogen and oxygen atoms in total. The lowest BCUT2D eigenvalue weighted by atomic mass is 10.0. The minimum absolute atomic E-state index is 0. The van der Waals surface area contributed by atoms with Crippen molar-refractivity contribution in [2.75, 3.05) is 45.3 Å². The van der Waals surface area contributed by atoms with Gasteiger partial charge in [0, 0.05) is 18.7 Å². The minimum atomic E-state index is -0.0593. The Morgan fingerprint density at radius 1 is 0.912 bits per heavy atom. The zero-order valence-electron chi connectivity index (χ0n) is 19.9. The summed E-state index contributed by atoms with van der Waals surface area (Å²) >= 11 is 1.45. The second-order valence-electron chi connectivity index (χ2n) is 7.65. The van der Waals surface area contributed by atoms with Crippen molar-refractivity contribution < 1.29 is 14.3 Å². The molecule has 4 rings (SSSR count). The molecule has 1 aromatic heterocycles. The van der Waals surface area contributed by atoms with Gasteiger partial charge in [0.1, 0.15) is 21.7 Å². The van der Waals surface area contributed by atoms with Crippen molar-refractivity contribution in [2.45, 2.75) is 13.8 Å². The van der Waals surface area contributed by atoms with Crippen LogP contribution in [0.1, 0.15) is 24.2 Å². The summed E-state index contributed by atoms with van der Waals surface area (Å²) in [6.45, 7) is 7.41. The van der Waals surface area contributed by atoms with Gasteiger partial charge < -0.3 is 14.4 Å². The number of hydrogen-bond acceptors (Lipinski definition) is 6. The molecule has 0 aliphatic heterocycles. The lowest BCUT2D eigenvalue weighted by Crippen LogP contribution is -2.39. The van der Waals surface area contributed by atoms with Crippen LogP contribution in [0.25, 0.3) is 21.0 Å². The fraction of sp³-hybridized carbons (Fsp3) is 0.308. The molecule has 0 N–H and O–H groups in total. The molecule has 3 aromatic carbocycles. The van der Waals surface area contributed by atoms with Crippen molar-refractivity contribution in [3.05, 3.63) is 60.2 Å². The van der Waals surface area contributed by atoms with Gasteiger partial charge in [0.2, 0.25) is 0 Å². The lowest BCUT2D eigenvalue weighted by Gasteiger charge is -2.25. The number of carbonyl (C=O) groups is 1. The summed E-state index contributed by atoms with van der Waals surface area (Å²) in [5, 5.41) is 2.62. The third-order valence-corrected chi connectivity index (χ3v) is 7.02. The number of fused-ring (bicyclic) bond motifs is 2. The number of halogens is 1. The summed E-state index contributed by atoms with van der Waals surface area (Å²) in [6, 6.07) is 17.5. The van der Waals surface area contributed by atoms with E-state index in [0.717, 1.165) is 40.9 Å². The summed E-state index contributed by atoms with van der Waals surface area (Å²) in [5.74, 6) is 1.32. The van der Waals surface area contributed by atoms with Crippen LogP contribution in [0.4, 0.5) is 5.13 Å². The molecule has 4 aromatic rings. The van der Waals surface area contributed by atoms with Gasteiger partial charge in [-0.2, -0.15) is 0 Å². The molecule has 0 saturated carbocycles. The van der Waals surface area contributed by atoms with E-state index in [1.165, 1.54) is 11.3 Å². The highest BCUT2D eigenvalue weighted by Crippen LogP contribution is 2.40. The number of rotatable bonds is 9. The monoisotopic (exact) mass is 499 g/mol. The first kappa shape index (κ1) is 25.7.